The summed E-state index contributed by atoms with van der Waals surface area (Å²) in [7, 11) is 0. The van der Waals surface area contributed by atoms with E-state index in [1.54, 1.807) is 19.1 Å². The first-order valence-corrected chi connectivity index (χ1v) is 7.51. The highest BCUT2D eigenvalue weighted by molar-refractivity contribution is 5.63. The van der Waals surface area contributed by atoms with E-state index in [2.05, 4.69) is 10.6 Å². The summed E-state index contributed by atoms with van der Waals surface area (Å²) >= 11 is 0. The smallest absolute Gasteiger partial charge is 0.269 e. The molecule has 7 heteroatoms. The predicted molar refractivity (Wildman–Crippen MR) is 91.2 cm³/mol. The zero-order valence-corrected chi connectivity index (χ0v) is 13.2. The molecule has 0 amide bonds. The molecule has 1 aliphatic heterocycles. The van der Waals surface area contributed by atoms with Gasteiger partial charge in [-0.3, -0.25) is 10.1 Å². The molecule has 0 atom stereocenters. The Labute approximate surface area is 139 Å². The quantitative estimate of drug-likeness (QED) is 0.577. The predicted octanol–water partition coefficient (Wildman–Crippen LogP) is 2.84. The van der Waals surface area contributed by atoms with Crippen LogP contribution in [0.5, 0.6) is 5.75 Å². The van der Waals surface area contributed by atoms with Gasteiger partial charge in [-0.25, -0.2) is 0 Å². The monoisotopic (exact) mass is 326 g/mol. The van der Waals surface area contributed by atoms with Gasteiger partial charge >= 0.3 is 0 Å². The molecule has 3 rings (SSSR count). The largest absolute Gasteiger partial charge is 0.456 e. The zero-order chi connectivity index (χ0) is 17.1. The minimum atomic E-state index is -0.390. The maximum atomic E-state index is 10.8. The first kappa shape index (κ1) is 15.8. The van der Waals surface area contributed by atoms with Gasteiger partial charge in [0.25, 0.3) is 5.69 Å². The standard InChI is InChI=1S/C17H18N4O3/c1-11-17(18)20-15-8-13(5-6-16(15)24-11)10-19-9-12-3-2-4-14(7-12)21(22)23/h2-8,19-20H,9-10,18H2,1H3. The summed E-state index contributed by atoms with van der Waals surface area (Å²) in [6.07, 6.45) is 0. The van der Waals surface area contributed by atoms with E-state index >= 15 is 0 Å². The summed E-state index contributed by atoms with van der Waals surface area (Å²) in [5, 5.41) is 17.2. The number of anilines is 1. The molecule has 0 saturated heterocycles. The number of non-ortho nitro benzene ring substituents is 1. The highest BCUT2D eigenvalue weighted by Crippen LogP contribution is 2.32. The molecule has 0 unspecified atom stereocenters. The fourth-order valence-corrected chi connectivity index (χ4v) is 2.46. The van der Waals surface area contributed by atoms with Crippen LogP contribution in [0.15, 0.2) is 54.0 Å². The SMILES string of the molecule is CC1=C(N)Nc2cc(CNCc3cccc([N+](=O)[O-])c3)ccc2O1. The zero-order valence-electron chi connectivity index (χ0n) is 13.2. The van der Waals surface area contributed by atoms with Crippen LogP contribution >= 0.6 is 0 Å². The van der Waals surface area contributed by atoms with Gasteiger partial charge in [0.1, 0.15) is 11.6 Å². The second-order valence-electron chi connectivity index (χ2n) is 5.56. The first-order valence-electron chi connectivity index (χ1n) is 7.51. The Hall–Kier alpha value is -3.06. The lowest BCUT2D eigenvalue weighted by Crippen LogP contribution is -2.19. The Balaban J connectivity index is 1.61. The van der Waals surface area contributed by atoms with Gasteiger partial charge < -0.3 is 21.1 Å². The van der Waals surface area contributed by atoms with E-state index in [4.69, 9.17) is 10.5 Å². The normalized spacial score (nSPS) is 13.0. The number of fused-ring (bicyclic) bond motifs is 1. The number of ether oxygens (including phenoxy) is 1. The number of nitro benzene ring substituents is 1. The molecule has 1 heterocycles. The lowest BCUT2D eigenvalue weighted by molar-refractivity contribution is -0.384. The summed E-state index contributed by atoms with van der Waals surface area (Å²) < 4.78 is 5.62. The number of benzene rings is 2. The van der Waals surface area contributed by atoms with Crippen molar-refractivity contribution in [1.29, 1.82) is 0 Å². The number of allylic oxidation sites excluding steroid dienone is 1. The van der Waals surface area contributed by atoms with Gasteiger partial charge in [-0.1, -0.05) is 18.2 Å². The van der Waals surface area contributed by atoms with Crippen LogP contribution in [0, 0.1) is 10.1 Å². The van der Waals surface area contributed by atoms with Gasteiger partial charge in [-0.2, -0.15) is 0 Å². The Bertz CT molecular complexity index is 817. The molecule has 0 fully saturated rings. The number of nitrogens with one attached hydrogen (secondary N) is 2. The molecule has 124 valence electrons. The molecule has 2 aromatic carbocycles. The van der Waals surface area contributed by atoms with Crippen molar-refractivity contribution >= 4 is 11.4 Å². The van der Waals surface area contributed by atoms with Crippen LogP contribution in [0.25, 0.3) is 0 Å². The minimum Gasteiger partial charge on any atom is -0.456 e. The van der Waals surface area contributed by atoms with E-state index in [1.165, 1.54) is 6.07 Å². The fraction of sp³-hybridized carbons (Fsp3) is 0.176. The number of rotatable bonds is 5. The third kappa shape index (κ3) is 3.47. The summed E-state index contributed by atoms with van der Waals surface area (Å²) in [5.74, 6) is 1.90. The van der Waals surface area contributed by atoms with Crippen molar-refractivity contribution in [1.82, 2.24) is 5.32 Å². The van der Waals surface area contributed by atoms with Crippen molar-refractivity contribution < 1.29 is 9.66 Å². The summed E-state index contributed by atoms with van der Waals surface area (Å²) in [5.41, 5.74) is 8.68. The molecule has 2 aromatic rings. The lowest BCUT2D eigenvalue weighted by Gasteiger charge is -2.21. The minimum absolute atomic E-state index is 0.0991. The number of nitrogens with two attached hydrogens (primary N) is 1. The van der Waals surface area contributed by atoms with Gasteiger partial charge in [0, 0.05) is 25.2 Å². The van der Waals surface area contributed by atoms with Crippen molar-refractivity contribution in [3.8, 4) is 5.75 Å². The van der Waals surface area contributed by atoms with E-state index in [0.29, 0.717) is 24.7 Å². The van der Waals surface area contributed by atoms with Crippen LogP contribution in [0.1, 0.15) is 18.1 Å². The van der Waals surface area contributed by atoms with Crippen LogP contribution in [-0.2, 0) is 13.1 Å². The second-order valence-corrected chi connectivity index (χ2v) is 5.56. The Morgan fingerprint density at radius 2 is 1.96 bits per heavy atom. The Kier molecular flexibility index (Phi) is 4.35. The number of hydrogen-bond acceptors (Lipinski definition) is 6. The molecular weight excluding hydrogens is 308 g/mol. The van der Waals surface area contributed by atoms with E-state index in [-0.39, 0.29) is 5.69 Å². The molecule has 0 aromatic heterocycles. The molecule has 4 N–H and O–H groups in total. The molecule has 0 aliphatic carbocycles. The van der Waals surface area contributed by atoms with Crippen molar-refractivity contribution in [3.05, 3.63) is 75.3 Å². The van der Waals surface area contributed by atoms with Crippen molar-refractivity contribution in [2.45, 2.75) is 20.0 Å². The van der Waals surface area contributed by atoms with Crippen LogP contribution < -0.4 is 21.1 Å². The fourth-order valence-electron chi connectivity index (χ4n) is 2.46. The average Bonchev–Trinajstić information content (AvgIpc) is 2.56. The topological polar surface area (TPSA) is 102 Å². The first-order chi connectivity index (χ1) is 11.5. The molecule has 0 spiro atoms. The van der Waals surface area contributed by atoms with E-state index in [0.717, 1.165) is 22.6 Å². The van der Waals surface area contributed by atoms with Gasteiger partial charge in [0.15, 0.2) is 5.75 Å². The van der Waals surface area contributed by atoms with Crippen molar-refractivity contribution in [2.75, 3.05) is 5.32 Å². The number of nitrogens with zero attached hydrogens (tertiary/aromatic N) is 1. The maximum Gasteiger partial charge on any atom is 0.269 e. The third-order valence-electron chi connectivity index (χ3n) is 3.74. The summed E-state index contributed by atoms with van der Waals surface area (Å²) in [4.78, 5) is 10.4. The third-order valence-corrected chi connectivity index (χ3v) is 3.74. The van der Waals surface area contributed by atoms with Crippen LogP contribution in [0.4, 0.5) is 11.4 Å². The molecular formula is C17H18N4O3. The van der Waals surface area contributed by atoms with Crippen LogP contribution in [0.3, 0.4) is 0 Å². The van der Waals surface area contributed by atoms with Crippen LogP contribution in [-0.4, -0.2) is 4.92 Å². The van der Waals surface area contributed by atoms with Crippen molar-refractivity contribution in [3.63, 3.8) is 0 Å². The van der Waals surface area contributed by atoms with Crippen molar-refractivity contribution in [2.24, 2.45) is 5.73 Å². The average molecular weight is 326 g/mol. The van der Waals surface area contributed by atoms with E-state index in [1.807, 2.05) is 24.3 Å². The molecule has 7 nitrogen and oxygen atoms in total. The molecule has 0 saturated carbocycles. The molecule has 0 radical (unpaired) electrons. The van der Waals surface area contributed by atoms with E-state index in [9.17, 15) is 10.1 Å². The number of hydrogen-bond donors (Lipinski definition) is 3. The van der Waals surface area contributed by atoms with E-state index < -0.39 is 4.92 Å². The molecule has 24 heavy (non-hydrogen) atoms. The summed E-state index contributed by atoms with van der Waals surface area (Å²) in [6.45, 7) is 2.98. The van der Waals surface area contributed by atoms with Gasteiger partial charge in [0.2, 0.25) is 0 Å². The Morgan fingerprint density at radius 3 is 2.71 bits per heavy atom. The lowest BCUT2D eigenvalue weighted by atomic mass is 10.1. The maximum absolute atomic E-state index is 10.8. The molecule has 0 bridgehead atoms. The van der Waals surface area contributed by atoms with Gasteiger partial charge in [0.05, 0.1) is 10.6 Å². The van der Waals surface area contributed by atoms with Gasteiger partial charge in [-0.15, -0.1) is 0 Å². The Morgan fingerprint density at radius 1 is 1.21 bits per heavy atom. The summed E-state index contributed by atoms with van der Waals surface area (Å²) in [6, 6.07) is 12.4. The highest BCUT2D eigenvalue weighted by Gasteiger charge is 2.14. The van der Waals surface area contributed by atoms with Crippen LogP contribution in [0.2, 0.25) is 0 Å². The number of nitro groups is 1. The highest BCUT2D eigenvalue weighted by atomic mass is 16.6. The molecule has 1 aliphatic rings. The second kappa shape index (κ2) is 6.59. The van der Waals surface area contributed by atoms with Gasteiger partial charge in [-0.05, 0) is 30.2 Å².